The van der Waals surface area contributed by atoms with Gasteiger partial charge in [0.1, 0.15) is 0 Å². The molecule has 3 N–H and O–H groups in total. The molecule has 0 aliphatic carbocycles. The molecule has 1 heterocycles. The van der Waals surface area contributed by atoms with Crippen molar-refractivity contribution in [1.82, 2.24) is 10.8 Å². The molecule has 1 rings (SSSR count). The first-order valence-electron chi connectivity index (χ1n) is 5.58. The quantitative estimate of drug-likeness (QED) is 0.430. The Bertz CT molecular complexity index is 257. The van der Waals surface area contributed by atoms with Crippen LogP contribution in [0.3, 0.4) is 0 Å². The number of carbonyl (C=O) groups excluding carboxylic acids is 2. The molecule has 0 bridgehead atoms. The number of aliphatic hydroxyl groups excluding tert-OH is 1. The lowest BCUT2D eigenvalue weighted by Gasteiger charge is -2.09. The first-order chi connectivity index (χ1) is 7.66. The Morgan fingerprint density at radius 3 is 2.81 bits per heavy atom. The molecule has 16 heavy (non-hydrogen) atoms. The number of hydrogen-bond donors (Lipinski definition) is 3. The molecule has 6 nitrogen and oxygen atoms in total. The van der Waals surface area contributed by atoms with E-state index in [1.807, 2.05) is 0 Å². The van der Waals surface area contributed by atoms with Crippen LogP contribution in [-0.4, -0.2) is 29.8 Å². The molecule has 2 atom stereocenters. The summed E-state index contributed by atoms with van der Waals surface area (Å²) in [5.41, 5.74) is 2.06. The highest BCUT2D eigenvalue weighted by molar-refractivity contribution is 5.99. The highest BCUT2D eigenvalue weighted by Crippen LogP contribution is 2.11. The van der Waals surface area contributed by atoms with Gasteiger partial charge in [0, 0.05) is 6.54 Å². The standard InChI is InChI=1S/C10H18N2O4/c1-2-3-4-5-6-11-8(13)7-9(14)12-16-10(7)15/h7,9,12,14H,2-6H2,1H3,(H,11,13). The van der Waals surface area contributed by atoms with Crippen LogP contribution >= 0.6 is 0 Å². The van der Waals surface area contributed by atoms with E-state index in [1.54, 1.807) is 0 Å². The van der Waals surface area contributed by atoms with Crippen LogP contribution in [0.25, 0.3) is 0 Å². The predicted molar refractivity (Wildman–Crippen MR) is 55.9 cm³/mol. The number of hydroxylamine groups is 1. The minimum Gasteiger partial charge on any atom is -0.374 e. The Balaban J connectivity index is 2.21. The Labute approximate surface area is 94.3 Å². The Hall–Kier alpha value is -1.14. The maximum absolute atomic E-state index is 11.5. The van der Waals surface area contributed by atoms with Gasteiger partial charge in [0.25, 0.3) is 0 Å². The van der Waals surface area contributed by atoms with Crippen molar-refractivity contribution in [3.63, 3.8) is 0 Å². The third kappa shape index (κ3) is 3.46. The number of rotatable bonds is 6. The fraction of sp³-hybridized carbons (Fsp3) is 0.800. The van der Waals surface area contributed by atoms with Crippen molar-refractivity contribution in [2.75, 3.05) is 6.54 Å². The fourth-order valence-corrected chi connectivity index (χ4v) is 1.50. The summed E-state index contributed by atoms with van der Waals surface area (Å²) in [4.78, 5) is 26.9. The minimum atomic E-state index is -1.25. The monoisotopic (exact) mass is 230 g/mol. The smallest absolute Gasteiger partial charge is 0.341 e. The Morgan fingerprint density at radius 1 is 1.50 bits per heavy atom. The van der Waals surface area contributed by atoms with Crippen LogP contribution in [0.4, 0.5) is 0 Å². The maximum atomic E-state index is 11.5. The SMILES string of the molecule is CCCCCCNC(=O)C1C(=O)ONC1O. The van der Waals surface area contributed by atoms with E-state index in [-0.39, 0.29) is 0 Å². The molecular weight excluding hydrogens is 212 g/mol. The molecule has 0 saturated carbocycles. The van der Waals surface area contributed by atoms with Crippen LogP contribution in [0.15, 0.2) is 0 Å². The van der Waals surface area contributed by atoms with Crippen LogP contribution in [0.1, 0.15) is 32.6 Å². The van der Waals surface area contributed by atoms with E-state index < -0.39 is 24.0 Å². The molecule has 1 aliphatic rings. The second kappa shape index (κ2) is 6.44. The van der Waals surface area contributed by atoms with Gasteiger partial charge in [0.15, 0.2) is 12.1 Å². The molecule has 0 aromatic heterocycles. The summed E-state index contributed by atoms with van der Waals surface area (Å²) in [7, 11) is 0. The van der Waals surface area contributed by atoms with Gasteiger partial charge in [-0.05, 0) is 6.42 Å². The molecule has 1 saturated heterocycles. The topological polar surface area (TPSA) is 87.7 Å². The van der Waals surface area contributed by atoms with E-state index in [1.165, 1.54) is 0 Å². The molecule has 1 fully saturated rings. The largest absolute Gasteiger partial charge is 0.374 e. The average Bonchev–Trinajstić information content (AvgIpc) is 2.58. The molecule has 92 valence electrons. The van der Waals surface area contributed by atoms with Gasteiger partial charge in [0.2, 0.25) is 5.91 Å². The third-order valence-corrected chi connectivity index (χ3v) is 2.46. The number of amides is 1. The molecule has 0 aromatic rings. The van der Waals surface area contributed by atoms with E-state index in [2.05, 4.69) is 22.6 Å². The second-order valence-electron chi connectivity index (χ2n) is 3.81. The summed E-state index contributed by atoms with van der Waals surface area (Å²) in [6.45, 7) is 2.63. The van der Waals surface area contributed by atoms with Crippen LogP contribution in [0.2, 0.25) is 0 Å². The summed E-state index contributed by atoms with van der Waals surface area (Å²) in [6.07, 6.45) is 2.94. The first-order valence-corrected chi connectivity index (χ1v) is 5.58. The number of unbranched alkanes of at least 4 members (excludes halogenated alkanes) is 3. The van der Waals surface area contributed by atoms with Crippen LogP contribution < -0.4 is 10.8 Å². The van der Waals surface area contributed by atoms with Crippen LogP contribution in [-0.2, 0) is 14.4 Å². The molecule has 0 radical (unpaired) electrons. The van der Waals surface area contributed by atoms with Crippen molar-refractivity contribution in [3.8, 4) is 0 Å². The number of carbonyl (C=O) groups is 2. The van der Waals surface area contributed by atoms with E-state index in [4.69, 9.17) is 0 Å². The van der Waals surface area contributed by atoms with Crippen molar-refractivity contribution in [2.45, 2.75) is 38.8 Å². The highest BCUT2D eigenvalue weighted by Gasteiger charge is 2.41. The van der Waals surface area contributed by atoms with Crippen molar-refractivity contribution in [3.05, 3.63) is 0 Å². The molecule has 1 amide bonds. The van der Waals surface area contributed by atoms with Gasteiger partial charge in [-0.15, -0.1) is 5.48 Å². The van der Waals surface area contributed by atoms with Crippen molar-refractivity contribution in [1.29, 1.82) is 0 Å². The highest BCUT2D eigenvalue weighted by atomic mass is 16.7. The Kier molecular flexibility index (Phi) is 5.21. The van der Waals surface area contributed by atoms with Gasteiger partial charge in [-0.1, -0.05) is 26.2 Å². The molecule has 0 aromatic carbocycles. The number of aliphatic hydroxyl groups is 1. The number of hydrogen-bond acceptors (Lipinski definition) is 5. The summed E-state index contributed by atoms with van der Waals surface area (Å²) < 4.78 is 0. The second-order valence-corrected chi connectivity index (χ2v) is 3.81. The first kappa shape index (κ1) is 12.9. The molecule has 6 heteroatoms. The zero-order chi connectivity index (χ0) is 12.0. The lowest BCUT2D eigenvalue weighted by atomic mass is 10.1. The zero-order valence-electron chi connectivity index (χ0n) is 9.36. The zero-order valence-corrected chi connectivity index (χ0v) is 9.36. The molecule has 0 spiro atoms. The van der Waals surface area contributed by atoms with Gasteiger partial charge < -0.3 is 15.3 Å². The van der Waals surface area contributed by atoms with E-state index in [9.17, 15) is 14.7 Å². The summed E-state index contributed by atoms with van der Waals surface area (Å²) in [6, 6.07) is 0. The normalized spacial score (nSPS) is 24.2. The number of nitrogens with one attached hydrogen (secondary N) is 2. The van der Waals surface area contributed by atoms with Gasteiger partial charge in [0.05, 0.1) is 0 Å². The van der Waals surface area contributed by atoms with Gasteiger partial charge >= 0.3 is 5.97 Å². The summed E-state index contributed by atoms with van der Waals surface area (Å²) >= 11 is 0. The van der Waals surface area contributed by atoms with Gasteiger partial charge in [-0.3, -0.25) is 4.79 Å². The maximum Gasteiger partial charge on any atom is 0.341 e. The van der Waals surface area contributed by atoms with E-state index >= 15 is 0 Å². The lowest BCUT2D eigenvalue weighted by Crippen LogP contribution is -2.40. The lowest BCUT2D eigenvalue weighted by molar-refractivity contribution is -0.148. The molecule has 1 aliphatic heterocycles. The third-order valence-electron chi connectivity index (χ3n) is 2.46. The van der Waals surface area contributed by atoms with Crippen LogP contribution in [0.5, 0.6) is 0 Å². The van der Waals surface area contributed by atoms with Crippen molar-refractivity contribution >= 4 is 11.9 Å². The summed E-state index contributed by atoms with van der Waals surface area (Å²) in [5.74, 6) is -2.37. The average molecular weight is 230 g/mol. The van der Waals surface area contributed by atoms with Crippen molar-refractivity contribution < 1.29 is 19.5 Å². The van der Waals surface area contributed by atoms with E-state index in [0.717, 1.165) is 25.7 Å². The summed E-state index contributed by atoms with van der Waals surface area (Å²) in [5, 5.41) is 11.9. The van der Waals surface area contributed by atoms with Gasteiger partial charge in [-0.2, -0.15) is 0 Å². The predicted octanol–water partition coefficient (Wildman–Crippen LogP) is -0.321. The van der Waals surface area contributed by atoms with Gasteiger partial charge in [-0.25, -0.2) is 4.79 Å². The van der Waals surface area contributed by atoms with E-state index in [0.29, 0.717) is 6.54 Å². The van der Waals surface area contributed by atoms with Crippen LogP contribution in [0, 0.1) is 5.92 Å². The minimum absolute atomic E-state index is 0.487. The van der Waals surface area contributed by atoms with Crippen molar-refractivity contribution in [2.24, 2.45) is 5.92 Å². The molecule has 2 unspecified atom stereocenters. The molecular formula is C10H18N2O4. The Morgan fingerprint density at radius 2 is 2.25 bits per heavy atom. The fourth-order valence-electron chi connectivity index (χ4n) is 1.50.